The van der Waals surface area contributed by atoms with Crippen molar-refractivity contribution in [3.63, 3.8) is 0 Å². The van der Waals surface area contributed by atoms with Crippen molar-refractivity contribution < 1.29 is 14.3 Å². The standard InChI is InChI=1S/C16H19N9O3/c26-13-11(19-16(27)21-13)7-9-8-17-25-12(9)20-14(22-15(25)18-10-1-2-10)23-24-3-5-28-6-4-24/h7-8,10H,1-6H2,(H2,18,20,22,23)(H2,19,21,26,27)/b11-7-. The Kier molecular flexibility index (Phi) is 4.06. The summed E-state index contributed by atoms with van der Waals surface area (Å²) in [5, 5.41) is 14.4. The van der Waals surface area contributed by atoms with Crippen LogP contribution in [-0.4, -0.2) is 68.9 Å². The first-order valence-corrected chi connectivity index (χ1v) is 9.11. The van der Waals surface area contributed by atoms with Gasteiger partial charge in [-0.3, -0.25) is 15.5 Å². The van der Waals surface area contributed by atoms with Crippen LogP contribution < -0.4 is 21.4 Å². The fraction of sp³-hybridized carbons (Fsp3) is 0.438. The van der Waals surface area contributed by atoms with E-state index in [2.05, 4.69) is 36.4 Å². The minimum absolute atomic E-state index is 0.151. The van der Waals surface area contributed by atoms with E-state index in [-0.39, 0.29) is 5.70 Å². The van der Waals surface area contributed by atoms with Gasteiger partial charge in [0.25, 0.3) is 5.91 Å². The summed E-state index contributed by atoms with van der Waals surface area (Å²) in [6.45, 7) is 2.73. The fourth-order valence-corrected chi connectivity index (χ4v) is 3.00. The monoisotopic (exact) mass is 385 g/mol. The number of imide groups is 1. The van der Waals surface area contributed by atoms with Gasteiger partial charge in [-0.2, -0.15) is 19.6 Å². The van der Waals surface area contributed by atoms with Crippen LogP contribution in [0.15, 0.2) is 11.9 Å². The Labute approximate surface area is 159 Å². The number of hydrazine groups is 1. The second-order valence-electron chi connectivity index (χ2n) is 6.80. The summed E-state index contributed by atoms with van der Waals surface area (Å²) < 4.78 is 6.96. The topological polar surface area (TPSA) is 138 Å². The van der Waals surface area contributed by atoms with Crippen molar-refractivity contribution in [1.29, 1.82) is 0 Å². The lowest BCUT2D eigenvalue weighted by Crippen LogP contribution is -2.40. The second kappa shape index (κ2) is 6.73. The predicted molar refractivity (Wildman–Crippen MR) is 98.1 cm³/mol. The summed E-state index contributed by atoms with van der Waals surface area (Å²) in [5.74, 6) is 0.520. The Morgan fingerprint density at radius 2 is 2.00 bits per heavy atom. The first kappa shape index (κ1) is 16.9. The van der Waals surface area contributed by atoms with Gasteiger partial charge >= 0.3 is 6.03 Å². The molecule has 2 aromatic heterocycles. The van der Waals surface area contributed by atoms with Gasteiger partial charge in [-0.25, -0.2) is 9.80 Å². The maximum absolute atomic E-state index is 11.8. The molecule has 0 radical (unpaired) electrons. The summed E-state index contributed by atoms with van der Waals surface area (Å²) in [5.41, 5.74) is 4.48. The molecular formula is C16H19N9O3. The molecule has 12 heteroatoms. The third-order valence-electron chi connectivity index (χ3n) is 4.59. The van der Waals surface area contributed by atoms with Gasteiger partial charge in [-0.1, -0.05) is 0 Å². The van der Waals surface area contributed by atoms with E-state index in [0.717, 1.165) is 25.9 Å². The van der Waals surface area contributed by atoms with E-state index in [1.807, 2.05) is 5.01 Å². The zero-order chi connectivity index (χ0) is 19.1. The summed E-state index contributed by atoms with van der Waals surface area (Å²) in [6.07, 6.45) is 5.31. The van der Waals surface area contributed by atoms with Crippen LogP contribution in [-0.2, 0) is 9.53 Å². The number of morpholine rings is 1. The lowest BCUT2D eigenvalue weighted by molar-refractivity contribution is -0.115. The quantitative estimate of drug-likeness (QED) is 0.398. The van der Waals surface area contributed by atoms with E-state index in [9.17, 15) is 9.59 Å². The van der Waals surface area contributed by atoms with Crippen LogP contribution in [0.4, 0.5) is 16.7 Å². The number of hydrogen-bond donors (Lipinski definition) is 4. The molecular weight excluding hydrogens is 366 g/mol. The van der Waals surface area contributed by atoms with E-state index in [0.29, 0.717) is 42.4 Å². The van der Waals surface area contributed by atoms with E-state index in [1.165, 1.54) is 0 Å². The van der Waals surface area contributed by atoms with Gasteiger partial charge in [0.05, 0.1) is 19.4 Å². The Morgan fingerprint density at radius 3 is 2.71 bits per heavy atom. The van der Waals surface area contributed by atoms with Gasteiger partial charge in [0.15, 0.2) is 5.65 Å². The van der Waals surface area contributed by atoms with Gasteiger partial charge in [0.1, 0.15) is 5.70 Å². The number of nitrogens with zero attached hydrogens (tertiary/aromatic N) is 5. The molecule has 2 saturated heterocycles. The number of urea groups is 1. The zero-order valence-electron chi connectivity index (χ0n) is 14.9. The largest absolute Gasteiger partial charge is 0.379 e. The minimum atomic E-state index is -0.548. The number of rotatable bonds is 5. The number of nitrogens with one attached hydrogen (secondary N) is 4. The molecule has 0 unspecified atom stereocenters. The molecule has 1 saturated carbocycles. The molecule has 0 spiro atoms. The van der Waals surface area contributed by atoms with Crippen molar-refractivity contribution >= 4 is 35.6 Å². The summed E-state index contributed by atoms with van der Waals surface area (Å²) in [6, 6.07) is -0.173. The Balaban J connectivity index is 1.52. The normalized spacial score (nSPS) is 21.8. The maximum atomic E-state index is 11.8. The van der Waals surface area contributed by atoms with Gasteiger partial charge < -0.3 is 15.4 Å². The predicted octanol–water partition coefficient (Wildman–Crippen LogP) is -0.462. The summed E-state index contributed by atoms with van der Waals surface area (Å²) >= 11 is 0. The molecule has 2 aliphatic heterocycles. The first-order valence-electron chi connectivity index (χ1n) is 9.11. The van der Waals surface area contributed by atoms with E-state index in [1.54, 1.807) is 16.8 Å². The molecule has 12 nitrogen and oxygen atoms in total. The Hall–Kier alpha value is -3.25. The van der Waals surface area contributed by atoms with Gasteiger partial charge in [-0.15, -0.1) is 0 Å². The smallest absolute Gasteiger partial charge is 0.326 e. The molecule has 3 fully saturated rings. The third-order valence-corrected chi connectivity index (χ3v) is 4.59. The number of carbonyl (C=O) groups is 2. The number of carbonyl (C=O) groups excluding carboxylic acids is 2. The number of amides is 3. The van der Waals surface area contributed by atoms with Crippen molar-refractivity contribution in [3.8, 4) is 0 Å². The molecule has 4 heterocycles. The zero-order valence-corrected chi connectivity index (χ0v) is 14.9. The maximum Gasteiger partial charge on any atom is 0.326 e. The van der Waals surface area contributed by atoms with Crippen molar-refractivity contribution in [2.24, 2.45) is 0 Å². The molecule has 0 aromatic carbocycles. The van der Waals surface area contributed by atoms with Gasteiger partial charge in [0.2, 0.25) is 11.9 Å². The highest BCUT2D eigenvalue weighted by Gasteiger charge is 2.26. The molecule has 3 aliphatic rings. The van der Waals surface area contributed by atoms with Crippen molar-refractivity contribution in [3.05, 3.63) is 17.5 Å². The van der Waals surface area contributed by atoms with Crippen LogP contribution in [0.5, 0.6) is 0 Å². The molecule has 1 aliphatic carbocycles. The number of fused-ring (bicyclic) bond motifs is 1. The van der Waals surface area contributed by atoms with Crippen LogP contribution in [0.3, 0.4) is 0 Å². The van der Waals surface area contributed by atoms with Crippen LogP contribution in [0.25, 0.3) is 11.7 Å². The third kappa shape index (κ3) is 3.34. The van der Waals surface area contributed by atoms with Crippen LogP contribution in [0, 0.1) is 0 Å². The van der Waals surface area contributed by atoms with Gasteiger partial charge in [0, 0.05) is 24.7 Å². The van der Waals surface area contributed by atoms with E-state index in [4.69, 9.17) is 4.74 Å². The summed E-state index contributed by atoms with van der Waals surface area (Å²) in [4.78, 5) is 32.3. The van der Waals surface area contributed by atoms with Crippen LogP contribution >= 0.6 is 0 Å². The molecule has 28 heavy (non-hydrogen) atoms. The van der Waals surface area contributed by atoms with Crippen LogP contribution in [0.2, 0.25) is 0 Å². The highest BCUT2D eigenvalue weighted by molar-refractivity contribution is 6.14. The Morgan fingerprint density at radius 1 is 1.18 bits per heavy atom. The van der Waals surface area contributed by atoms with Crippen molar-refractivity contribution in [2.75, 3.05) is 37.0 Å². The SMILES string of the molecule is O=C1NC(=O)/C(=C/c2cnn3c(NC4CC4)nc(NN4CCOCC4)nc23)N1. The molecule has 4 N–H and O–H groups in total. The average Bonchev–Trinajstić information content (AvgIpc) is 3.32. The minimum Gasteiger partial charge on any atom is -0.379 e. The molecule has 2 aromatic rings. The Bertz CT molecular complexity index is 975. The molecule has 0 bridgehead atoms. The van der Waals surface area contributed by atoms with E-state index >= 15 is 0 Å². The van der Waals surface area contributed by atoms with Crippen molar-refractivity contribution in [1.82, 2.24) is 35.2 Å². The first-order chi connectivity index (χ1) is 13.7. The number of aromatic nitrogens is 4. The van der Waals surface area contributed by atoms with Crippen molar-refractivity contribution in [2.45, 2.75) is 18.9 Å². The van der Waals surface area contributed by atoms with E-state index < -0.39 is 11.9 Å². The second-order valence-corrected chi connectivity index (χ2v) is 6.80. The summed E-state index contributed by atoms with van der Waals surface area (Å²) in [7, 11) is 0. The highest BCUT2D eigenvalue weighted by atomic mass is 16.5. The van der Waals surface area contributed by atoms with Crippen LogP contribution in [0.1, 0.15) is 18.4 Å². The lowest BCUT2D eigenvalue weighted by Gasteiger charge is -2.27. The number of hydrogen-bond acceptors (Lipinski definition) is 9. The van der Waals surface area contributed by atoms with Gasteiger partial charge in [-0.05, 0) is 18.9 Å². The fourth-order valence-electron chi connectivity index (χ4n) is 3.00. The highest BCUT2D eigenvalue weighted by Crippen LogP contribution is 2.25. The molecule has 146 valence electrons. The number of ether oxygens (including phenoxy) is 1. The lowest BCUT2D eigenvalue weighted by atomic mass is 10.2. The number of anilines is 2. The molecule has 5 rings (SSSR count). The molecule has 0 atom stereocenters. The average molecular weight is 385 g/mol. The molecule has 3 amide bonds.